The van der Waals surface area contributed by atoms with E-state index < -0.39 is 17.6 Å². The summed E-state index contributed by atoms with van der Waals surface area (Å²) in [6.45, 7) is 3.14. The molecule has 2 N–H and O–H groups in total. The third-order valence-electron chi connectivity index (χ3n) is 4.63. The fourth-order valence-corrected chi connectivity index (χ4v) is 3.44. The quantitative estimate of drug-likeness (QED) is 0.675. The predicted molar refractivity (Wildman–Crippen MR) is 114 cm³/mol. The van der Waals surface area contributed by atoms with E-state index in [0.717, 1.165) is 43.6 Å². The molecule has 0 radical (unpaired) electrons. The first-order valence-corrected chi connectivity index (χ1v) is 9.90. The summed E-state index contributed by atoms with van der Waals surface area (Å²) in [4.78, 5) is 14.1. The SMILES string of the molecule is Cc1cccc(OCC(=O)NC(=S)Nc2cc(C(F)(F)F)ccc2N2CCCC2)c1. The molecule has 9 heteroatoms. The maximum Gasteiger partial charge on any atom is 0.416 e. The Labute approximate surface area is 178 Å². The number of nitrogens with one attached hydrogen (secondary N) is 2. The number of benzene rings is 2. The highest BCUT2D eigenvalue weighted by atomic mass is 32.1. The molecule has 30 heavy (non-hydrogen) atoms. The number of rotatable bonds is 5. The molecule has 0 aromatic heterocycles. The Balaban J connectivity index is 1.66. The number of amides is 1. The van der Waals surface area contributed by atoms with Crippen molar-refractivity contribution in [2.24, 2.45) is 0 Å². The summed E-state index contributed by atoms with van der Waals surface area (Å²) in [7, 11) is 0. The monoisotopic (exact) mass is 437 g/mol. The first-order valence-electron chi connectivity index (χ1n) is 9.49. The van der Waals surface area contributed by atoms with Crippen LogP contribution in [0.25, 0.3) is 0 Å². The molecule has 0 bridgehead atoms. The van der Waals surface area contributed by atoms with Crippen molar-refractivity contribution in [3.8, 4) is 5.75 Å². The molecule has 1 heterocycles. The van der Waals surface area contributed by atoms with Gasteiger partial charge in [-0.05, 0) is 67.9 Å². The van der Waals surface area contributed by atoms with Crippen molar-refractivity contribution >= 4 is 34.6 Å². The molecule has 1 amide bonds. The van der Waals surface area contributed by atoms with Gasteiger partial charge in [0.15, 0.2) is 11.7 Å². The van der Waals surface area contributed by atoms with E-state index in [1.54, 1.807) is 12.1 Å². The van der Waals surface area contributed by atoms with E-state index in [1.807, 2.05) is 24.0 Å². The molecule has 0 aliphatic carbocycles. The zero-order valence-corrected chi connectivity index (χ0v) is 17.2. The Morgan fingerprint density at radius 2 is 1.90 bits per heavy atom. The number of aryl methyl sites for hydroxylation is 1. The smallest absolute Gasteiger partial charge is 0.416 e. The summed E-state index contributed by atoms with van der Waals surface area (Å²) in [5, 5.41) is 5.10. The third kappa shape index (κ3) is 5.85. The van der Waals surface area contributed by atoms with Gasteiger partial charge in [-0.25, -0.2) is 0 Å². The molecule has 0 spiro atoms. The van der Waals surface area contributed by atoms with Crippen LogP contribution in [-0.4, -0.2) is 30.7 Å². The topological polar surface area (TPSA) is 53.6 Å². The summed E-state index contributed by atoms with van der Waals surface area (Å²) in [5.41, 5.74) is 1.03. The lowest BCUT2D eigenvalue weighted by Gasteiger charge is -2.23. The van der Waals surface area contributed by atoms with Crippen molar-refractivity contribution < 1.29 is 22.7 Å². The average molecular weight is 437 g/mol. The minimum absolute atomic E-state index is 0.0902. The van der Waals surface area contributed by atoms with E-state index >= 15 is 0 Å². The van der Waals surface area contributed by atoms with Gasteiger partial charge in [-0.1, -0.05) is 12.1 Å². The molecule has 0 unspecified atom stereocenters. The van der Waals surface area contributed by atoms with Crippen molar-refractivity contribution in [2.45, 2.75) is 25.9 Å². The van der Waals surface area contributed by atoms with E-state index in [2.05, 4.69) is 10.6 Å². The van der Waals surface area contributed by atoms with Crippen LogP contribution in [0, 0.1) is 6.92 Å². The highest BCUT2D eigenvalue weighted by Crippen LogP contribution is 2.36. The standard InChI is InChI=1S/C21H22F3N3O2S/c1-14-5-4-6-16(11-14)29-13-19(28)26-20(30)25-17-12-15(21(22,23)24)7-8-18(17)27-9-2-3-10-27/h4-8,11-12H,2-3,9-10,13H2,1H3,(H2,25,26,28,30). The molecule has 2 aromatic carbocycles. The Kier molecular flexibility index (Phi) is 6.81. The van der Waals surface area contributed by atoms with Gasteiger partial charge in [0.05, 0.1) is 16.9 Å². The molecule has 0 atom stereocenters. The first kappa shape index (κ1) is 21.9. The van der Waals surface area contributed by atoms with Crippen molar-refractivity contribution in [1.82, 2.24) is 5.32 Å². The molecular formula is C21H22F3N3O2S. The molecule has 5 nitrogen and oxygen atoms in total. The highest BCUT2D eigenvalue weighted by molar-refractivity contribution is 7.80. The van der Waals surface area contributed by atoms with Gasteiger partial charge in [-0.15, -0.1) is 0 Å². The minimum Gasteiger partial charge on any atom is -0.484 e. The van der Waals surface area contributed by atoms with Gasteiger partial charge < -0.3 is 15.0 Å². The number of hydrogen-bond acceptors (Lipinski definition) is 4. The van der Waals surface area contributed by atoms with E-state index in [4.69, 9.17) is 17.0 Å². The van der Waals surface area contributed by atoms with Crippen molar-refractivity contribution in [2.75, 3.05) is 29.9 Å². The third-order valence-corrected chi connectivity index (χ3v) is 4.84. The van der Waals surface area contributed by atoms with Gasteiger partial charge >= 0.3 is 6.18 Å². The number of thiocarbonyl (C=S) groups is 1. The van der Waals surface area contributed by atoms with Crippen LogP contribution < -0.4 is 20.3 Å². The van der Waals surface area contributed by atoms with Crippen LogP contribution in [0.3, 0.4) is 0 Å². The second kappa shape index (κ2) is 9.34. The number of hydrogen-bond donors (Lipinski definition) is 2. The van der Waals surface area contributed by atoms with Crippen molar-refractivity contribution in [3.05, 3.63) is 53.6 Å². The molecule has 1 aliphatic heterocycles. The number of halogens is 3. The maximum atomic E-state index is 13.2. The Hall–Kier alpha value is -2.81. The number of nitrogens with zero attached hydrogens (tertiary/aromatic N) is 1. The fraction of sp³-hybridized carbons (Fsp3) is 0.333. The second-order valence-electron chi connectivity index (χ2n) is 7.03. The molecule has 160 valence electrons. The molecule has 3 rings (SSSR count). The number of alkyl halides is 3. The van der Waals surface area contributed by atoms with Crippen LogP contribution in [0.2, 0.25) is 0 Å². The minimum atomic E-state index is -4.48. The lowest BCUT2D eigenvalue weighted by molar-refractivity contribution is -0.137. The van der Waals surface area contributed by atoms with Gasteiger partial charge in [0.25, 0.3) is 5.91 Å². The average Bonchev–Trinajstić information content (AvgIpc) is 3.20. The van der Waals surface area contributed by atoms with Gasteiger partial charge in [0.1, 0.15) is 5.75 Å². The van der Waals surface area contributed by atoms with Crippen LogP contribution in [0.4, 0.5) is 24.5 Å². The van der Waals surface area contributed by atoms with E-state index in [0.29, 0.717) is 11.4 Å². The Morgan fingerprint density at radius 3 is 2.57 bits per heavy atom. The van der Waals surface area contributed by atoms with Crippen LogP contribution in [-0.2, 0) is 11.0 Å². The molecule has 1 saturated heterocycles. The van der Waals surface area contributed by atoms with Crippen LogP contribution in [0.1, 0.15) is 24.0 Å². The van der Waals surface area contributed by atoms with Crippen molar-refractivity contribution in [3.63, 3.8) is 0 Å². The predicted octanol–water partition coefficient (Wildman–Crippen LogP) is 4.51. The van der Waals surface area contributed by atoms with Crippen molar-refractivity contribution in [1.29, 1.82) is 0 Å². The molecule has 1 fully saturated rings. The number of carbonyl (C=O) groups excluding carboxylic acids is 1. The van der Waals surface area contributed by atoms with E-state index in [9.17, 15) is 18.0 Å². The van der Waals surface area contributed by atoms with Crippen LogP contribution in [0.5, 0.6) is 5.75 Å². The molecule has 0 saturated carbocycles. The Bertz CT molecular complexity index is 928. The molecular weight excluding hydrogens is 415 g/mol. The summed E-state index contributed by atoms with van der Waals surface area (Å²) >= 11 is 5.14. The number of anilines is 2. The molecule has 1 aliphatic rings. The summed E-state index contributed by atoms with van der Waals surface area (Å²) in [5.74, 6) is 0.0296. The Morgan fingerprint density at radius 1 is 1.17 bits per heavy atom. The molecule has 2 aromatic rings. The lowest BCUT2D eigenvalue weighted by Crippen LogP contribution is -2.37. The normalized spacial score (nSPS) is 13.8. The second-order valence-corrected chi connectivity index (χ2v) is 7.44. The number of carbonyl (C=O) groups is 1. The maximum absolute atomic E-state index is 13.2. The highest BCUT2D eigenvalue weighted by Gasteiger charge is 2.32. The van der Waals surface area contributed by atoms with Gasteiger partial charge in [-0.2, -0.15) is 13.2 Å². The summed E-state index contributed by atoms with van der Waals surface area (Å²) in [6, 6.07) is 10.7. The summed E-state index contributed by atoms with van der Waals surface area (Å²) < 4.78 is 44.9. The fourth-order valence-electron chi connectivity index (χ4n) is 3.22. The zero-order valence-electron chi connectivity index (χ0n) is 16.4. The summed E-state index contributed by atoms with van der Waals surface area (Å²) in [6.07, 6.45) is -2.54. The van der Waals surface area contributed by atoms with Gasteiger partial charge in [0, 0.05) is 13.1 Å². The van der Waals surface area contributed by atoms with Crippen LogP contribution >= 0.6 is 12.2 Å². The first-order chi connectivity index (χ1) is 14.2. The largest absolute Gasteiger partial charge is 0.484 e. The van der Waals surface area contributed by atoms with Gasteiger partial charge in [0.2, 0.25) is 0 Å². The zero-order chi connectivity index (χ0) is 21.7. The lowest BCUT2D eigenvalue weighted by atomic mass is 10.1. The van der Waals surface area contributed by atoms with Gasteiger partial charge in [-0.3, -0.25) is 10.1 Å². The van der Waals surface area contributed by atoms with E-state index in [1.165, 1.54) is 6.07 Å². The van der Waals surface area contributed by atoms with E-state index in [-0.39, 0.29) is 17.4 Å². The van der Waals surface area contributed by atoms with Crippen LogP contribution in [0.15, 0.2) is 42.5 Å². The number of ether oxygens (including phenoxy) is 1.